The van der Waals surface area contributed by atoms with Gasteiger partial charge in [-0.15, -0.1) is 0 Å². The molecule has 0 aliphatic rings. The van der Waals surface area contributed by atoms with Crippen LogP contribution in [0.25, 0.3) is 0 Å². The summed E-state index contributed by atoms with van der Waals surface area (Å²) in [4.78, 5) is 9.49. The minimum absolute atomic E-state index is 0.0546. The van der Waals surface area contributed by atoms with Crippen molar-refractivity contribution in [2.24, 2.45) is 0 Å². The van der Waals surface area contributed by atoms with E-state index in [4.69, 9.17) is 9.47 Å². The van der Waals surface area contributed by atoms with E-state index in [1.54, 1.807) is 24.1 Å². The zero-order valence-electron chi connectivity index (χ0n) is 15.9. The van der Waals surface area contributed by atoms with E-state index in [0.717, 1.165) is 12.6 Å². The van der Waals surface area contributed by atoms with Crippen molar-refractivity contribution in [1.29, 1.82) is 0 Å². The van der Waals surface area contributed by atoms with Crippen LogP contribution in [0.4, 0.5) is 24.8 Å². The molecule has 8 heteroatoms. The number of hydrogen-bond donors (Lipinski definition) is 0. The van der Waals surface area contributed by atoms with Gasteiger partial charge in [-0.05, 0) is 32.4 Å². The highest BCUT2D eigenvalue weighted by Gasteiger charge is 2.36. The van der Waals surface area contributed by atoms with Crippen LogP contribution < -0.4 is 14.4 Å². The Balaban J connectivity index is 2.39. The Hall–Kier alpha value is -2.51. The summed E-state index contributed by atoms with van der Waals surface area (Å²) in [6.07, 6.45) is -2.44. The van der Waals surface area contributed by atoms with E-state index >= 15 is 0 Å². The van der Waals surface area contributed by atoms with E-state index < -0.39 is 17.6 Å². The van der Waals surface area contributed by atoms with Crippen LogP contribution in [-0.4, -0.2) is 29.7 Å². The largest absolute Gasteiger partial charge is 0.489 e. The molecule has 0 spiro atoms. The van der Waals surface area contributed by atoms with Gasteiger partial charge in [-0.25, -0.2) is 4.98 Å². The molecule has 0 saturated heterocycles. The quantitative estimate of drug-likeness (QED) is 0.584. The van der Waals surface area contributed by atoms with Crippen molar-refractivity contribution in [2.75, 3.05) is 18.6 Å². The number of aromatic nitrogens is 2. The maximum Gasteiger partial charge on any atom is 0.423 e. The summed E-state index contributed by atoms with van der Waals surface area (Å²) in [6.45, 7) is 5.88. The Morgan fingerprint density at radius 1 is 1.19 bits per heavy atom. The maximum absolute atomic E-state index is 13.2. The van der Waals surface area contributed by atoms with Gasteiger partial charge in [-0.2, -0.15) is 18.2 Å². The number of benzene rings is 1. The molecule has 27 heavy (non-hydrogen) atoms. The first-order valence-electron chi connectivity index (χ1n) is 8.80. The SMILES string of the molecule is CCCCOc1nc(N(C)c2ccccc2OC(C)C)ncc1C(F)(F)F. The molecule has 0 bridgehead atoms. The number of anilines is 2. The molecule has 5 nitrogen and oxygen atoms in total. The molecule has 0 aliphatic carbocycles. The van der Waals surface area contributed by atoms with Crippen LogP contribution in [0, 0.1) is 0 Å². The van der Waals surface area contributed by atoms with Gasteiger partial charge in [0.15, 0.2) is 0 Å². The Morgan fingerprint density at radius 3 is 2.52 bits per heavy atom. The molecule has 1 heterocycles. The smallest absolute Gasteiger partial charge is 0.423 e. The Kier molecular flexibility index (Phi) is 6.87. The number of nitrogens with zero attached hydrogens (tertiary/aromatic N) is 3. The zero-order chi connectivity index (χ0) is 20.0. The highest BCUT2D eigenvalue weighted by atomic mass is 19.4. The first-order valence-corrected chi connectivity index (χ1v) is 8.80. The van der Waals surface area contributed by atoms with Crippen LogP contribution in [0.3, 0.4) is 0 Å². The number of rotatable bonds is 8. The van der Waals surface area contributed by atoms with Crippen LogP contribution in [0.15, 0.2) is 30.5 Å². The summed E-state index contributed by atoms with van der Waals surface area (Å²) in [5, 5.41) is 0. The molecule has 0 unspecified atom stereocenters. The molecule has 2 rings (SSSR count). The second-order valence-electron chi connectivity index (χ2n) is 6.28. The van der Waals surface area contributed by atoms with E-state index in [0.29, 0.717) is 17.9 Å². The lowest BCUT2D eigenvalue weighted by molar-refractivity contribution is -0.139. The maximum atomic E-state index is 13.2. The number of ether oxygens (including phenoxy) is 2. The van der Waals surface area contributed by atoms with Gasteiger partial charge in [-0.3, -0.25) is 0 Å². The van der Waals surface area contributed by atoms with Crippen molar-refractivity contribution in [1.82, 2.24) is 9.97 Å². The number of unbranched alkanes of at least 4 members (excludes halogenated alkanes) is 1. The normalized spacial score (nSPS) is 11.6. The third-order valence-electron chi connectivity index (χ3n) is 3.67. The molecule has 0 saturated carbocycles. The van der Waals surface area contributed by atoms with Gasteiger partial charge < -0.3 is 14.4 Å². The fraction of sp³-hybridized carbons (Fsp3) is 0.474. The van der Waals surface area contributed by atoms with Gasteiger partial charge in [0.1, 0.15) is 11.3 Å². The van der Waals surface area contributed by atoms with Gasteiger partial charge in [0, 0.05) is 13.2 Å². The van der Waals surface area contributed by atoms with Crippen molar-refractivity contribution in [3.8, 4) is 11.6 Å². The lowest BCUT2D eigenvalue weighted by Gasteiger charge is -2.23. The monoisotopic (exact) mass is 383 g/mol. The average Bonchev–Trinajstić information content (AvgIpc) is 2.60. The average molecular weight is 383 g/mol. The number of alkyl halides is 3. The fourth-order valence-corrected chi connectivity index (χ4v) is 2.33. The number of hydrogen-bond acceptors (Lipinski definition) is 5. The second-order valence-corrected chi connectivity index (χ2v) is 6.28. The Labute approximate surface area is 157 Å². The summed E-state index contributed by atoms with van der Waals surface area (Å²) in [5.41, 5.74) is -0.340. The van der Waals surface area contributed by atoms with Crippen molar-refractivity contribution in [3.05, 3.63) is 36.0 Å². The van der Waals surface area contributed by atoms with Crippen molar-refractivity contribution in [2.45, 2.75) is 45.9 Å². The Bertz CT molecular complexity index is 751. The molecule has 0 amide bonds. The fourth-order valence-electron chi connectivity index (χ4n) is 2.33. The van der Waals surface area contributed by atoms with E-state index in [-0.39, 0.29) is 18.7 Å². The van der Waals surface area contributed by atoms with Crippen LogP contribution >= 0.6 is 0 Å². The minimum atomic E-state index is -4.59. The van der Waals surface area contributed by atoms with Crippen LogP contribution in [0.1, 0.15) is 39.2 Å². The standard InChI is InChI=1S/C19H24F3N3O2/c1-5-6-11-26-17-14(19(20,21)22)12-23-18(24-17)25(4)15-9-7-8-10-16(15)27-13(2)3/h7-10,12-13H,5-6,11H2,1-4H3. The van der Waals surface area contributed by atoms with Gasteiger partial charge in [0.05, 0.1) is 18.4 Å². The molecule has 0 N–H and O–H groups in total. The lowest BCUT2D eigenvalue weighted by Crippen LogP contribution is -2.18. The summed E-state index contributed by atoms with van der Waals surface area (Å²) in [7, 11) is 1.67. The molecule has 0 atom stereocenters. The molecule has 0 aliphatic heterocycles. The van der Waals surface area contributed by atoms with Gasteiger partial charge in [0.25, 0.3) is 0 Å². The van der Waals surface area contributed by atoms with Crippen LogP contribution in [0.2, 0.25) is 0 Å². The highest BCUT2D eigenvalue weighted by molar-refractivity contribution is 5.65. The molecular weight excluding hydrogens is 359 g/mol. The van der Waals surface area contributed by atoms with Crippen molar-refractivity contribution >= 4 is 11.6 Å². The van der Waals surface area contributed by atoms with E-state index in [9.17, 15) is 13.2 Å². The molecule has 148 valence electrons. The first kappa shape index (κ1) is 20.8. The lowest BCUT2D eigenvalue weighted by atomic mass is 10.2. The van der Waals surface area contributed by atoms with E-state index in [2.05, 4.69) is 9.97 Å². The third-order valence-corrected chi connectivity index (χ3v) is 3.67. The third kappa shape index (κ3) is 5.48. The highest BCUT2D eigenvalue weighted by Crippen LogP contribution is 2.37. The summed E-state index contributed by atoms with van der Waals surface area (Å²) < 4.78 is 50.7. The zero-order valence-corrected chi connectivity index (χ0v) is 15.9. The minimum Gasteiger partial charge on any atom is -0.489 e. The Morgan fingerprint density at radius 2 is 1.89 bits per heavy atom. The van der Waals surface area contributed by atoms with Crippen molar-refractivity contribution in [3.63, 3.8) is 0 Å². The summed E-state index contributed by atoms with van der Waals surface area (Å²) >= 11 is 0. The topological polar surface area (TPSA) is 47.5 Å². The first-order chi connectivity index (χ1) is 12.7. The van der Waals surface area contributed by atoms with E-state index in [1.165, 1.54) is 0 Å². The molecule has 2 aromatic rings. The number of halogens is 3. The van der Waals surface area contributed by atoms with Crippen molar-refractivity contribution < 1.29 is 22.6 Å². The molecule has 1 aromatic carbocycles. The molecule has 0 radical (unpaired) electrons. The van der Waals surface area contributed by atoms with Gasteiger partial charge in [0.2, 0.25) is 11.8 Å². The summed E-state index contributed by atoms with van der Waals surface area (Å²) in [5.74, 6) is 0.219. The summed E-state index contributed by atoms with van der Waals surface area (Å²) in [6, 6.07) is 7.20. The molecule has 0 fully saturated rings. The predicted molar refractivity (Wildman–Crippen MR) is 97.7 cm³/mol. The number of para-hydroxylation sites is 2. The molecule has 1 aromatic heterocycles. The van der Waals surface area contributed by atoms with Crippen LogP contribution in [0.5, 0.6) is 11.6 Å². The van der Waals surface area contributed by atoms with Crippen LogP contribution in [-0.2, 0) is 6.18 Å². The molecular formula is C19H24F3N3O2. The van der Waals surface area contributed by atoms with Gasteiger partial charge in [-0.1, -0.05) is 25.5 Å². The van der Waals surface area contributed by atoms with E-state index in [1.807, 2.05) is 32.9 Å². The predicted octanol–water partition coefficient (Wildman–Crippen LogP) is 5.23. The van der Waals surface area contributed by atoms with Gasteiger partial charge >= 0.3 is 6.18 Å². The second kappa shape index (κ2) is 8.92.